The lowest BCUT2D eigenvalue weighted by Gasteiger charge is -2.21. The molecule has 3 rings (SSSR count). The van der Waals surface area contributed by atoms with Gasteiger partial charge in [-0.05, 0) is 12.8 Å². The van der Waals surface area contributed by atoms with Crippen molar-refractivity contribution in [1.82, 2.24) is 20.7 Å². The maximum absolute atomic E-state index is 11.8. The van der Waals surface area contributed by atoms with Gasteiger partial charge in [-0.3, -0.25) is 20.3 Å². The summed E-state index contributed by atoms with van der Waals surface area (Å²) in [5.74, 6) is -0.184. The second-order valence-electron chi connectivity index (χ2n) is 4.58. The van der Waals surface area contributed by atoms with E-state index in [1.807, 2.05) is 0 Å². The Bertz CT molecular complexity index is 549. The molecule has 8 heteroatoms. The van der Waals surface area contributed by atoms with Crippen LogP contribution in [-0.4, -0.2) is 34.4 Å². The summed E-state index contributed by atoms with van der Waals surface area (Å²) < 4.78 is 5.24. The van der Waals surface area contributed by atoms with Crippen molar-refractivity contribution < 1.29 is 18.8 Å². The third kappa shape index (κ3) is 2.16. The summed E-state index contributed by atoms with van der Waals surface area (Å²) >= 11 is 0. The quantitative estimate of drug-likeness (QED) is 0.755. The minimum absolute atomic E-state index is 0.106. The lowest BCUT2D eigenvalue weighted by Crippen LogP contribution is -2.44. The highest BCUT2D eigenvalue weighted by atomic mass is 16.3. The number of aromatic nitrogens is 1. The molecule has 1 aliphatic carbocycles. The van der Waals surface area contributed by atoms with Gasteiger partial charge in [0.25, 0.3) is 5.91 Å². The van der Waals surface area contributed by atoms with Crippen molar-refractivity contribution in [3.8, 4) is 0 Å². The Morgan fingerprint density at radius 3 is 2.84 bits per heavy atom. The highest BCUT2D eigenvalue weighted by Crippen LogP contribution is 2.35. The van der Waals surface area contributed by atoms with E-state index in [4.69, 9.17) is 4.42 Å². The van der Waals surface area contributed by atoms with Gasteiger partial charge in [-0.2, -0.15) is 0 Å². The highest BCUT2D eigenvalue weighted by Gasteiger charge is 2.30. The van der Waals surface area contributed by atoms with E-state index in [1.54, 1.807) is 0 Å². The number of hydrogen-bond donors (Lipinski definition) is 2. The predicted molar refractivity (Wildman–Crippen MR) is 60.8 cm³/mol. The van der Waals surface area contributed by atoms with Gasteiger partial charge >= 0.3 is 6.03 Å². The number of hydrazine groups is 1. The van der Waals surface area contributed by atoms with Crippen LogP contribution in [0.2, 0.25) is 0 Å². The summed E-state index contributed by atoms with van der Waals surface area (Å²) in [6, 6.07) is -0.652. The van der Waals surface area contributed by atoms with Crippen LogP contribution in [0.15, 0.2) is 10.7 Å². The Kier molecular flexibility index (Phi) is 2.69. The Morgan fingerprint density at radius 2 is 2.26 bits per heavy atom. The molecule has 4 amide bonds. The van der Waals surface area contributed by atoms with Gasteiger partial charge < -0.3 is 4.42 Å². The number of nitrogens with zero attached hydrogens (tertiary/aromatic N) is 2. The largest absolute Gasteiger partial charge is 0.448 e. The minimum atomic E-state index is -0.652. The molecule has 1 saturated carbocycles. The molecule has 0 spiro atoms. The number of urea groups is 1. The first-order valence-electron chi connectivity index (χ1n) is 6.01. The van der Waals surface area contributed by atoms with Gasteiger partial charge in [0, 0.05) is 5.92 Å². The van der Waals surface area contributed by atoms with Crippen LogP contribution in [0.1, 0.15) is 41.6 Å². The lowest BCUT2D eigenvalue weighted by molar-refractivity contribution is -0.118. The smallest absolute Gasteiger partial charge is 0.343 e. The van der Waals surface area contributed by atoms with Crippen LogP contribution in [-0.2, 0) is 4.79 Å². The molecule has 1 saturated heterocycles. The molecule has 0 unspecified atom stereocenters. The molecule has 2 aliphatic rings. The van der Waals surface area contributed by atoms with Crippen molar-refractivity contribution in [2.75, 3.05) is 6.54 Å². The molecule has 2 N–H and O–H groups in total. The fraction of sp³-hybridized carbons (Fsp3) is 0.455. The Balaban J connectivity index is 1.65. The van der Waals surface area contributed by atoms with Crippen molar-refractivity contribution in [3.63, 3.8) is 0 Å². The van der Waals surface area contributed by atoms with Crippen LogP contribution in [0.5, 0.6) is 0 Å². The van der Waals surface area contributed by atoms with E-state index < -0.39 is 17.8 Å². The minimum Gasteiger partial charge on any atom is -0.448 e. The molecule has 0 atom stereocenters. The molecule has 2 fully saturated rings. The van der Waals surface area contributed by atoms with Crippen molar-refractivity contribution in [2.45, 2.75) is 25.2 Å². The second kappa shape index (κ2) is 4.38. The topological polar surface area (TPSA) is 105 Å². The van der Waals surface area contributed by atoms with E-state index in [2.05, 4.69) is 15.7 Å². The first-order valence-corrected chi connectivity index (χ1v) is 6.01. The molecule has 1 aromatic rings. The molecule has 100 valence electrons. The number of amides is 4. The second-order valence-corrected chi connectivity index (χ2v) is 4.58. The van der Waals surface area contributed by atoms with Gasteiger partial charge in [-0.25, -0.2) is 14.8 Å². The molecule has 1 aliphatic heterocycles. The molecular weight excluding hydrogens is 252 g/mol. The number of rotatable bonds is 3. The molecule has 2 heterocycles. The summed E-state index contributed by atoms with van der Waals surface area (Å²) in [5, 5.41) is 2.96. The summed E-state index contributed by atoms with van der Waals surface area (Å²) in [4.78, 5) is 38.1. The zero-order valence-corrected chi connectivity index (χ0v) is 10.0. The Hall–Kier alpha value is -2.38. The van der Waals surface area contributed by atoms with Crippen molar-refractivity contribution in [1.29, 1.82) is 0 Å². The van der Waals surface area contributed by atoms with Crippen molar-refractivity contribution in [3.05, 3.63) is 17.8 Å². The average molecular weight is 264 g/mol. The molecule has 0 bridgehead atoms. The third-order valence-electron chi connectivity index (χ3n) is 3.24. The van der Waals surface area contributed by atoms with E-state index in [9.17, 15) is 14.4 Å². The predicted octanol–water partition coefficient (Wildman–Crippen LogP) is 0.139. The molecular formula is C11H12N4O4. The summed E-state index contributed by atoms with van der Waals surface area (Å²) in [6.07, 6.45) is 4.44. The summed E-state index contributed by atoms with van der Waals surface area (Å²) in [7, 11) is 0. The molecule has 19 heavy (non-hydrogen) atoms. The number of oxazole rings is 1. The van der Waals surface area contributed by atoms with Gasteiger partial charge in [0.1, 0.15) is 12.8 Å². The van der Waals surface area contributed by atoms with Crippen LogP contribution in [0.3, 0.4) is 0 Å². The van der Waals surface area contributed by atoms with Crippen LogP contribution in [0.4, 0.5) is 4.79 Å². The van der Waals surface area contributed by atoms with Gasteiger partial charge in [-0.15, -0.1) is 0 Å². The summed E-state index contributed by atoms with van der Waals surface area (Å²) in [6.45, 7) is -0.197. The first-order chi connectivity index (χ1) is 9.13. The zero-order valence-electron chi connectivity index (χ0n) is 10.0. The third-order valence-corrected chi connectivity index (χ3v) is 3.24. The molecule has 0 aromatic carbocycles. The fourth-order valence-electron chi connectivity index (χ4n) is 1.95. The molecule has 8 nitrogen and oxygen atoms in total. The number of carbonyl (C=O) groups is 3. The number of nitrogens with one attached hydrogen (secondary N) is 2. The van der Waals surface area contributed by atoms with Crippen molar-refractivity contribution in [2.24, 2.45) is 0 Å². The van der Waals surface area contributed by atoms with Gasteiger partial charge in [0.05, 0.1) is 0 Å². The molecule has 0 radical (unpaired) electrons. The van der Waals surface area contributed by atoms with Gasteiger partial charge in [0.2, 0.25) is 5.91 Å². The van der Waals surface area contributed by atoms with E-state index in [1.165, 1.54) is 6.26 Å². The number of hydrogen-bond acceptors (Lipinski definition) is 5. The standard InChI is InChI=1S/C11H12N4O4/c16-8-4-15(11(18)13-8)14-9(17)7-5-19-10(12-7)6-2-1-3-6/h5-6H,1-4H2,(H,14,17)(H,13,16,18). The van der Waals surface area contributed by atoms with Gasteiger partial charge in [0.15, 0.2) is 11.6 Å². The normalized spacial score (nSPS) is 19.3. The Labute approximate surface area is 108 Å². The maximum atomic E-state index is 11.8. The van der Waals surface area contributed by atoms with E-state index in [0.717, 1.165) is 24.3 Å². The van der Waals surface area contributed by atoms with E-state index in [0.29, 0.717) is 11.8 Å². The van der Waals surface area contributed by atoms with E-state index in [-0.39, 0.29) is 12.2 Å². The van der Waals surface area contributed by atoms with Crippen LogP contribution in [0, 0.1) is 0 Å². The van der Waals surface area contributed by atoms with Gasteiger partial charge in [-0.1, -0.05) is 6.42 Å². The average Bonchev–Trinajstić information content (AvgIpc) is 2.85. The van der Waals surface area contributed by atoms with Crippen LogP contribution in [0.25, 0.3) is 0 Å². The monoisotopic (exact) mass is 264 g/mol. The number of carbonyl (C=O) groups excluding carboxylic acids is 3. The Morgan fingerprint density at radius 1 is 1.47 bits per heavy atom. The lowest BCUT2D eigenvalue weighted by atomic mass is 9.85. The van der Waals surface area contributed by atoms with Crippen LogP contribution >= 0.6 is 0 Å². The fourth-order valence-corrected chi connectivity index (χ4v) is 1.95. The van der Waals surface area contributed by atoms with Crippen LogP contribution < -0.4 is 10.7 Å². The maximum Gasteiger partial charge on any atom is 0.343 e. The SMILES string of the molecule is O=C1CN(NC(=O)c2coc(C3CCC3)n2)C(=O)N1. The molecule has 1 aromatic heterocycles. The zero-order chi connectivity index (χ0) is 13.4. The number of imide groups is 1. The summed E-state index contributed by atoms with van der Waals surface area (Å²) in [5.41, 5.74) is 2.41. The highest BCUT2D eigenvalue weighted by molar-refractivity contribution is 6.03. The van der Waals surface area contributed by atoms with E-state index >= 15 is 0 Å². The van der Waals surface area contributed by atoms with Crippen molar-refractivity contribution >= 4 is 17.8 Å². The first kappa shape index (κ1) is 11.7.